The van der Waals surface area contributed by atoms with Gasteiger partial charge in [-0.25, -0.2) is 9.18 Å². The van der Waals surface area contributed by atoms with E-state index in [1.54, 1.807) is 4.90 Å². The number of carboxylic acids is 1. The van der Waals surface area contributed by atoms with Gasteiger partial charge in [-0.2, -0.15) is 0 Å². The molecule has 1 atom stereocenters. The quantitative estimate of drug-likeness (QED) is 0.358. The second kappa shape index (κ2) is 10.6. The van der Waals surface area contributed by atoms with Crippen LogP contribution in [0.4, 0.5) is 10.1 Å². The van der Waals surface area contributed by atoms with Crippen molar-refractivity contribution in [3.8, 4) is 16.9 Å². The molecule has 2 aliphatic rings. The summed E-state index contributed by atoms with van der Waals surface area (Å²) in [5.74, 6) is -1.42. The van der Waals surface area contributed by atoms with Crippen molar-refractivity contribution in [3.63, 3.8) is 0 Å². The van der Waals surface area contributed by atoms with Gasteiger partial charge in [0.25, 0.3) is 5.91 Å². The average Bonchev–Trinajstić information content (AvgIpc) is 3.33. The zero-order valence-corrected chi connectivity index (χ0v) is 24.9. The number of aryl methyl sites for hydroxylation is 2. The average molecular weight is 560 g/mol. The maximum Gasteiger partial charge on any atom is 0.337 e. The molecule has 0 bridgehead atoms. The topological polar surface area (TPSA) is 76.1 Å². The van der Waals surface area contributed by atoms with Crippen molar-refractivity contribution in [1.82, 2.24) is 0 Å². The predicted octanol–water partition coefficient (Wildman–Crippen LogP) is 7.20. The van der Waals surface area contributed by atoms with Crippen molar-refractivity contribution >= 4 is 17.6 Å². The maximum absolute atomic E-state index is 15.6. The minimum absolute atomic E-state index is 0.106. The predicted molar refractivity (Wildman–Crippen MR) is 158 cm³/mol. The first-order chi connectivity index (χ1) is 19.3. The van der Waals surface area contributed by atoms with E-state index in [-0.39, 0.29) is 11.7 Å². The fourth-order valence-corrected chi connectivity index (χ4v) is 6.18. The maximum atomic E-state index is 15.6. The first-order valence-electron chi connectivity index (χ1n) is 14.2. The number of amides is 1. The number of hydrogen-bond donors (Lipinski definition) is 1. The SMILES string of the molecule is Cc1cccc(C(=O)N2CCc3c2cc(C)c(C(OC(C)(C)C)C(=O)O)c3-c2cc(F)c3c(c2C)CCCO3)c1C. The lowest BCUT2D eigenvalue weighted by Gasteiger charge is -2.30. The summed E-state index contributed by atoms with van der Waals surface area (Å²) in [5, 5.41) is 10.4. The summed E-state index contributed by atoms with van der Waals surface area (Å²) in [6, 6.07) is 9.06. The van der Waals surface area contributed by atoms with E-state index in [0.29, 0.717) is 53.8 Å². The Morgan fingerprint density at radius 2 is 1.76 bits per heavy atom. The van der Waals surface area contributed by atoms with Crippen LogP contribution in [-0.4, -0.2) is 35.7 Å². The molecule has 0 aromatic heterocycles. The van der Waals surface area contributed by atoms with E-state index in [0.717, 1.165) is 39.9 Å². The third-order valence-corrected chi connectivity index (χ3v) is 8.28. The molecule has 0 aliphatic carbocycles. The van der Waals surface area contributed by atoms with Crippen LogP contribution in [0, 0.1) is 33.5 Å². The van der Waals surface area contributed by atoms with E-state index < -0.39 is 23.5 Å². The van der Waals surface area contributed by atoms with Crippen molar-refractivity contribution in [3.05, 3.63) is 80.7 Å². The molecular formula is C34H38FNO5. The van der Waals surface area contributed by atoms with Crippen LogP contribution in [0.25, 0.3) is 11.1 Å². The number of carboxylic acid groups (broad SMARTS) is 1. The van der Waals surface area contributed by atoms with Crippen molar-refractivity contribution < 1.29 is 28.6 Å². The number of carbonyl (C=O) groups is 2. The lowest BCUT2D eigenvalue weighted by atomic mass is 9.83. The zero-order valence-electron chi connectivity index (χ0n) is 24.9. The largest absolute Gasteiger partial charge is 0.490 e. The Balaban J connectivity index is 1.78. The molecule has 0 radical (unpaired) electrons. The lowest BCUT2D eigenvalue weighted by Crippen LogP contribution is -2.30. The molecule has 6 nitrogen and oxygen atoms in total. The van der Waals surface area contributed by atoms with E-state index in [1.807, 2.05) is 72.7 Å². The molecule has 2 heterocycles. The molecule has 3 aromatic carbocycles. The molecule has 0 fully saturated rings. The highest BCUT2D eigenvalue weighted by atomic mass is 19.1. The third-order valence-electron chi connectivity index (χ3n) is 8.28. The Hall–Kier alpha value is -3.71. The standard InChI is InChI=1S/C34H38FNO5/c1-18-10-8-11-23(20(18)3)32(37)36-14-13-24-27(36)16-19(2)28(31(33(38)39)41-34(5,6)7)29(24)25-17-26(35)30-22(21(25)4)12-9-15-40-30/h8,10-11,16-17,31H,9,12-15H2,1-7H3,(H,38,39). The van der Waals surface area contributed by atoms with Gasteiger partial charge in [0.05, 0.1) is 12.2 Å². The Morgan fingerprint density at radius 1 is 1.02 bits per heavy atom. The fourth-order valence-electron chi connectivity index (χ4n) is 6.18. The first kappa shape index (κ1) is 28.8. The van der Waals surface area contributed by atoms with Crippen molar-refractivity contribution in [2.75, 3.05) is 18.1 Å². The van der Waals surface area contributed by atoms with Gasteiger partial charge < -0.3 is 19.5 Å². The highest BCUT2D eigenvalue weighted by Gasteiger charge is 2.37. The van der Waals surface area contributed by atoms with Crippen LogP contribution < -0.4 is 9.64 Å². The van der Waals surface area contributed by atoms with Gasteiger partial charge in [-0.1, -0.05) is 12.1 Å². The number of hydrogen-bond acceptors (Lipinski definition) is 4. The van der Waals surface area contributed by atoms with E-state index in [4.69, 9.17) is 9.47 Å². The summed E-state index contributed by atoms with van der Waals surface area (Å²) >= 11 is 0. The molecule has 216 valence electrons. The molecule has 0 saturated heterocycles. The minimum Gasteiger partial charge on any atom is -0.490 e. The number of carbonyl (C=O) groups excluding carboxylic acids is 1. The molecule has 1 N–H and O–H groups in total. The van der Waals surface area contributed by atoms with Crippen molar-refractivity contribution in [2.45, 2.75) is 79.4 Å². The molecule has 41 heavy (non-hydrogen) atoms. The van der Waals surface area contributed by atoms with Crippen molar-refractivity contribution in [2.24, 2.45) is 0 Å². The number of fused-ring (bicyclic) bond motifs is 2. The molecule has 0 spiro atoms. The number of anilines is 1. The number of aliphatic carboxylic acids is 1. The first-order valence-corrected chi connectivity index (χ1v) is 14.2. The summed E-state index contributed by atoms with van der Waals surface area (Å²) in [5.41, 5.74) is 7.47. The summed E-state index contributed by atoms with van der Waals surface area (Å²) in [6.45, 7) is 14.1. The van der Waals surface area contributed by atoms with E-state index in [9.17, 15) is 14.7 Å². The lowest BCUT2D eigenvalue weighted by molar-refractivity contribution is -0.160. The molecule has 7 heteroatoms. The number of rotatable bonds is 5. The number of nitrogens with zero attached hydrogens (tertiary/aromatic N) is 1. The van der Waals surface area contributed by atoms with Gasteiger partial charge in [0.2, 0.25) is 0 Å². The summed E-state index contributed by atoms with van der Waals surface area (Å²) in [4.78, 5) is 28.4. The summed E-state index contributed by atoms with van der Waals surface area (Å²) in [7, 11) is 0. The summed E-state index contributed by atoms with van der Waals surface area (Å²) < 4.78 is 27.4. The van der Waals surface area contributed by atoms with Crippen LogP contribution in [0.5, 0.6) is 5.75 Å². The third kappa shape index (κ3) is 5.12. The highest BCUT2D eigenvalue weighted by molar-refractivity contribution is 6.09. The van der Waals surface area contributed by atoms with Gasteiger partial charge in [-0.15, -0.1) is 0 Å². The van der Waals surface area contributed by atoms with Gasteiger partial charge in [0.1, 0.15) is 0 Å². The Labute approximate surface area is 241 Å². The second-order valence-corrected chi connectivity index (χ2v) is 12.2. The second-order valence-electron chi connectivity index (χ2n) is 12.2. The molecular weight excluding hydrogens is 521 g/mol. The van der Waals surface area contributed by atoms with Gasteiger partial charge in [0, 0.05) is 28.9 Å². The van der Waals surface area contributed by atoms with E-state index in [2.05, 4.69) is 0 Å². The normalized spacial score (nSPS) is 15.3. The van der Waals surface area contributed by atoms with Crippen LogP contribution >= 0.6 is 0 Å². The fraction of sp³-hybridized carbons (Fsp3) is 0.412. The van der Waals surface area contributed by atoms with Crippen molar-refractivity contribution in [1.29, 1.82) is 0 Å². The molecule has 1 amide bonds. The zero-order chi connectivity index (χ0) is 29.8. The van der Waals surface area contributed by atoms with E-state index in [1.165, 1.54) is 6.07 Å². The molecule has 5 rings (SSSR count). The Kier molecular flexibility index (Phi) is 7.45. The molecule has 3 aromatic rings. The smallest absolute Gasteiger partial charge is 0.337 e. The molecule has 2 aliphatic heterocycles. The Morgan fingerprint density at radius 3 is 2.44 bits per heavy atom. The van der Waals surface area contributed by atoms with Crippen LogP contribution in [0.15, 0.2) is 30.3 Å². The molecule has 0 saturated carbocycles. The van der Waals surface area contributed by atoms with Crippen LogP contribution in [0.3, 0.4) is 0 Å². The van der Waals surface area contributed by atoms with Gasteiger partial charge in [-0.3, -0.25) is 4.79 Å². The number of ether oxygens (including phenoxy) is 2. The highest BCUT2D eigenvalue weighted by Crippen LogP contribution is 2.48. The number of benzene rings is 3. The van der Waals surface area contributed by atoms with Gasteiger partial charge in [-0.05, 0) is 125 Å². The summed E-state index contributed by atoms with van der Waals surface area (Å²) in [6.07, 6.45) is 0.672. The molecule has 1 unspecified atom stereocenters. The van der Waals surface area contributed by atoms with Crippen LogP contribution in [0.1, 0.15) is 82.6 Å². The van der Waals surface area contributed by atoms with Crippen LogP contribution in [0.2, 0.25) is 0 Å². The van der Waals surface area contributed by atoms with E-state index >= 15 is 4.39 Å². The number of halogens is 1. The van der Waals surface area contributed by atoms with Crippen LogP contribution in [-0.2, 0) is 22.4 Å². The van der Waals surface area contributed by atoms with Gasteiger partial charge in [0.15, 0.2) is 17.7 Å². The van der Waals surface area contributed by atoms with Gasteiger partial charge >= 0.3 is 5.97 Å². The minimum atomic E-state index is -1.28. The Bertz CT molecular complexity index is 1570. The monoisotopic (exact) mass is 559 g/mol.